The van der Waals surface area contributed by atoms with E-state index in [0.29, 0.717) is 17.7 Å². The Balaban J connectivity index is 1.61. The third-order valence-electron chi connectivity index (χ3n) is 5.28. The molecule has 0 radical (unpaired) electrons. The molecule has 29 heavy (non-hydrogen) atoms. The summed E-state index contributed by atoms with van der Waals surface area (Å²) in [4.78, 5) is 23.7. The predicted octanol–water partition coefficient (Wildman–Crippen LogP) is 4.49. The lowest BCUT2D eigenvalue weighted by Crippen LogP contribution is -2.25. The Morgan fingerprint density at radius 1 is 1.14 bits per heavy atom. The molecule has 5 nitrogen and oxygen atoms in total. The van der Waals surface area contributed by atoms with E-state index in [1.807, 2.05) is 54.6 Å². The Kier molecular flexibility index (Phi) is 3.85. The molecule has 1 aliphatic heterocycles. The van der Waals surface area contributed by atoms with Gasteiger partial charge in [-0.2, -0.15) is 5.26 Å². The molecule has 1 aliphatic rings. The molecule has 0 saturated heterocycles. The molecule has 0 N–H and O–H groups in total. The van der Waals surface area contributed by atoms with E-state index in [-0.39, 0.29) is 12.5 Å². The minimum absolute atomic E-state index is 0.0609. The molecule has 0 bridgehead atoms. The first-order chi connectivity index (χ1) is 14.1. The molecule has 2 heterocycles. The number of nitriles is 1. The van der Waals surface area contributed by atoms with Crippen molar-refractivity contribution in [1.82, 2.24) is 14.9 Å². The molecule has 0 atom stereocenters. The zero-order valence-corrected chi connectivity index (χ0v) is 15.6. The van der Waals surface area contributed by atoms with E-state index in [2.05, 4.69) is 17.6 Å². The molecule has 138 valence electrons. The lowest BCUT2D eigenvalue weighted by molar-refractivity contribution is 0.0794. The molecule has 0 spiro atoms. The van der Waals surface area contributed by atoms with Crippen LogP contribution in [0, 0.1) is 11.3 Å². The van der Waals surface area contributed by atoms with Crippen molar-refractivity contribution in [3.05, 3.63) is 84.1 Å². The van der Waals surface area contributed by atoms with Crippen LogP contribution in [-0.2, 0) is 6.54 Å². The highest BCUT2D eigenvalue weighted by Crippen LogP contribution is 2.33. The SMILES string of the molecule is C=C(C#N)CN1Cc2c(ccc3ccc(-c4cnc5ccccc5n4)cc23)C1=O. The second-order valence-electron chi connectivity index (χ2n) is 7.15. The second kappa shape index (κ2) is 6.54. The number of aromatic nitrogens is 2. The van der Waals surface area contributed by atoms with E-state index < -0.39 is 0 Å². The normalized spacial score (nSPS) is 12.9. The molecular formula is C24H16N4O. The molecule has 1 aromatic heterocycles. The van der Waals surface area contributed by atoms with Gasteiger partial charge in [0.05, 0.1) is 35.5 Å². The fraction of sp³-hybridized carbons (Fsp3) is 0.0833. The number of para-hydroxylation sites is 2. The number of rotatable bonds is 3. The summed E-state index contributed by atoms with van der Waals surface area (Å²) < 4.78 is 0. The van der Waals surface area contributed by atoms with Crippen LogP contribution in [0.15, 0.2) is 72.9 Å². The monoisotopic (exact) mass is 376 g/mol. The highest BCUT2D eigenvalue weighted by molar-refractivity contribution is 6.05. The van der Waals surface area contributed by atoms with Crippen LogP contribution in [0.1, 0.15) is 15.9 Å². The van der Waals surface area contributed by atoms with Gasteiger partial charge in [-0.15, -0.1) is 0 Å². The summed E-state index contributed by atoms with van der Waals surface area (Å²) in [6.45, 7) is 4.43. The van der Waals surface area contributed by atoms with Gasteiger partial charge in [0.2, 0.25) is 0 Å². The van der Waals surface area contributed by atoms with Gasteiger partial charge in [0.1, 0.15) is 0 Å². The van der Waals surface area contributed by atoms with Crippen molar-refractivity contribution in [3.8, 4) is 17.3 Å². The molecule has 1 amide bonds. The highest BCUT2D eigenvalue weighted by Gasteiger charge is 2.29. The Labute approximate surface area is 167 Å². The van der Waals surface area contributed by atoms with E-state index in [1.165, 1.54) is 0 Å². The average Bonchev–Trinajstić information content (AvgIpc) is 3.08. The Hall–Kier alpha value is -4.04. The zero-order chi connectivity index (χ0) is 20.0. The third-order valence-corrected chi connectivity index (χ3v) is 5.28. The Morgan fingerprint density at radius 2 is 1.93 bits per heavy atom. The van der Waals surface area contributed by atoms with E-state index >= 15 is 0 Å². The van der Waals surface area contributed by atoms with E-state index in [9.17, 15) is 4.79 Å². The number of hydrogen-bond donors (Lipinski definition) is 0. The van der Waals surface area contributed by atoms with Crippen LogP contribution in [-0.4, -0.2) is 27.3 Å². The maximum atomic E-state index is 12.7. The molecular weight excluding hydrogens is 360 g/mol. The van der Waals surface area contributed by atoms with Gasteiger partial charge in [-0.3, -0.25) is 9.78 Å². The summed E-state index contributed by atoms with van der Waals surface area (Å²) >= 11 is 0. The van der Waals surface area contributed by atoms with Gasteiger partial charge in [-0.1, -0.05) is 36.9 Å². The maximum absolute atomic E-state index is 12.7. The highest BCUT2D eigenvalue weighted by atomic mass is 16.2. The summed E-state index contributed by atoms with van der Waals surface area (Å²) in [5.74, 6) is -0.0609. The van der Waals surface area contributed by atoms with Crippen molar-refractivity contribution in [2.75, 3.05) is 6.54 Å². The van der Waals surface area contributed by atoms with E-state index in [4.69, 9.17) is 10.2 Å². The summed E-state index contributed by atoms with van der Waals surface area (Å²) in [5.41, 5.74) is 5.50. The second-order valence-corrected chi connectivity index (χ2v) is 7.15. The molecule has 0 aliphatic carbocycles. The fourth-order valence-corrected chi connectivity index (χ4v) is 3.83. The average molecular weight is 376 g/mol. The molecule has 0 unspecified atom stereocenters. The van der Waals surface area contributed by atoms with Crippen molar-refractivity contribution in [1.29, 1.82) is 5.26 Å². The van der Waals surface area contributed by atoms with Crippen LogP contribution >= 0.6 is 0 Å². The van der Waals surface area contributed by atoms with Gasteiger partial charge in [0.15, 0.2) is 0 Å². The summed E-state index contributed by atoms with van der Waals surface area (Å²) in [6.07, 6.45) is 1.78. The van der Waals surface area contributed by atoms with Crippen molar-refractivity contribution in [2.45, 2.75) is 6.54 Å². The Bertz CT molecular complexity index is 1370. The molecule has 0 saturated carbocycles. The summed E-state index contributed by atoms with van der Waals surface area (Å²) in [6, 6.07) is 19.8. The molecule has 5 rings (SSSR count). The van der Waals surface area contributed by atoms with Crippen LogP contribution in [0.2, 0.25) is 0 Å². The van der Waals surface area contributed by atoms with Gasteiger partial charge in [0, 0.05) is 23.2 Å². The predicted molar refractivity (Wildman–Crippen MR) is 112 cm³/mol. The molecule has 5 heteroatoms. The number of carbonyl (C=O) groups excluding carboxylic acids is 1. The topological polar surface area (TPSA) is 69.9 Å². The minimum Gasteiger partial charge on any atom is -0.329 e. The van der Waals surface area contributed by atoms with E-state index in [1.54, 1.807) is 11.1 Å². The van der Waals surface area contributed by atoms with Crippen LogP contribution < -0.4 is 0 Å². The standard InChI is InChI=1S/C24H16N4O/c1-15(11-25)13-28-14-20-18(24(28)29)9-8-16-6-7-17(10-19(16)20)23-12-26-21-4-2-3-5-22(21)27-23/h2-10,12H,1,13-14H2. The first kappa shape index (κ1) is 17.1. The van der Waals surface area contributed by atoms with Crippen molar-refractivity contribution in [3.63, 3.8) is 0 Å². The summed E-state index contributed by atoms with van der Waals surface area (Å²) in [7, 11) is 0. The van der Waals surface area contributed by atoms with Crippen LogP contribution in [0.3, 0.4) is 0 Å². The van der Waals surface area contributed by atoms with Crippen LogP contribution in [0.5, 0.6) is 0 Å². The zero-order valence-electron chi connectivity index (χ0n) is 15.6. The largest absolute Gasteiger partial charge is 0.329 e. The van der Waals surface area contributed by atoms with Crippen molar-refractivity contribution < 1.29 is 4.79 Å². The first-order valence-electron chi connectivity index (χ1n) is 9.29. The number of hydrogen-bond acceptors (Lipinski definition) is 4. The Morgan fingerprint density at radius 3 is 2.76 bits per heavy atom. The van der Waals surface area contributed by atoms with Gasteiger partial charge in [-0.05, 0) is 40.6 Å². The number of carbonyl (C=O) groups is 1. The van der Waals surface area contributed by atoms with Crippen molar-refractivity contribution in [2.24, 2.45) is 0 Å². The van der Waals surface area contributed by atoms with Crippen LogP contribution in [0.25, 0.3) is 33.1 Å². The number of amides is 1. The minimum atomic E-state index is -0.0609. The molecule has 3 aromatic carbocycles. The number of fused-ring (bicyclic) bond motifs is 4. The van der Waals surface area contributed by atoms with Gasteiger partial charge >= 0.3 is 0 Å². The maximum Gasteiger partial charge on any atom is 0.254 e. The van der Waals surface area contributed by atoms with Crippen molar-refractivity contribution >= 4 is 27.7 Å². The number of benzene rings is 3. The van der Waals surface area contributed by atoms with Gasteiger partial charge < -0.3 is 4.90 Å². The molecule has 0 fully saturated rings. The summed E-state index contributed by atoms with van der Waals surface area (Å²) in [5, 5.41) is 11.1. The quantitative estimate of drug-likeness (QED) is 0.494. The molecule has 4 aromatic rings. The van der Waals surface area contributed by atoms with Gasteiger partial charge in [-0.25, -0.2) is 4.98 Å². The lowest BCUT2D eigenvalue weighted by atomic mass is 9.98. The van der Waals surface area contributed by atoms with E-state index in [0.717, 1.165) is 38.6 Å². The smallest absolute Gasteiger partial charge is 0.254 e. The first-order valence-corrected chi connectivity index (χ1v) is 9.29. The third kappa shape index (κ3) is 2.82. The fourth-order valence-electron chi connectivity index (χ4n) is 3.83. The van der Waals surface area contributed by atoms with Gasteiger partial charge in [0.25, 0.3) is 5.91 Å². The van der Waals surface area contributed by atoms with Crippen LogP contribution in [0.4, 0.5) is 0 Å². The number of nitrogens with zero attached hydrogens (tertiary/aromatic N) is 4. The lowest BCUT2D eigenvalue weighted by Gasteiger charge is -2.14.